The molecule has 1 amide bonds. The van der Waals surface area contributed by atoms with Gasteiger partial charge in [0.1, 0.15) is 5.15 Å². The average molecular weight is 597 g/mol. The lowest BCUT2D eigenvalue weighted by molar-refractivity contribution is 0.0980. The minimum absolute atomic E-state index is 0.105. The Balaban J connectivity index is 1.48. The molecule has 1 unspecified atom stereocenters. The number of aromatic nitrogens is 5. The van der Waals surface area contributed by atoms with Gasteiger partial charge < -0.3 is 15.0 Å². The van der Waals surface area contributed by atoms with Crippen LogP contribution >= 0.6 is 23.5 Å². The Labute approximate surface area is 247 Å². The number of piperidine rings is 1. The Hall–Kier alpha value is -3.77. The first-order valence-electron chi connectivity index (χ1n) is 13.3. The predicted octanol–water partition coefficient (Wildman–Crippen LogP) is 4.52. The number of hydrogen-bond acceptors (Lipinski definition) is 9. The van der Waals surface area contributed by atoms with Crippen LogP contribution < -0.4 is 25.2 Å². The number of carbonyl (C=O) groups is 1. The average Bonchev–Trinajstić information content (AvgIpc) is 3.45. The van der Waals surface area contributed by atoms with Gasteiger partial charge in [-0.2, -0.15) is 5.10 Å². The van der Waals surface area contributed by atoms with E-state index in [1.165, 1.54) is 11.9 Å². The van der Waals surface area contributed by atoms with Gasteiger partial charge in [-0.15, -0.1) is 0 Å². The fraction of sp³-hybridized carbons (Fsp3) is 0.393. The minimum atomic E-state index is -0.353. The van der Waals surface area contributed by atoms with E-state index in [4.69, 9.17) is 21.3 Å². The molecule has 1 fully saturated rings. The van der Waals surface area contributed by atoms with Crippen molar-refractivity contribution in [1.82, 2.24) is 29.0 Å². The third-order valence-electron chi connectivity index (χ3n) is 7.38. The van der Waals surface area contributed by atoms with Gasteiger partial charge in [-0.3, -0.25) is 18.9 Å². The second-order valence-corrected chi connectivity index (χ2v) is 11.1. The number of methoxy groups -OCH3 is 1. The molecule has 5 rings (SSSR count). The van der Waals surface area contributed by atoms with Crippen molar-refractivity contribution in [2.45, 2.75) is 38.8 Å². The number of halogens is 1. The molecular formula is C28H33ClN8O3S. The maximum absolute atomic E-state index is 13.6. The van der Waals surface area contributed by atoms with E-state index in [0.717, 1.165) is 42.9 Å². The number of rotatable bonds is 8. The van der Waals surface area contributed by atoms with Crippen LogP contribution in [0, 0.1) is 6.92 Å². The highest BCUT2D eigenvalue weighted by Gasteiger charge is 2.27. The Morgan fingerprint density at radius 1 is 1.20 bits per heavy atom. The summed E-state index contributed by atoms with van der Waals surface area (Å²) < 4.78 is 11.7. The maximum Gasteiger partial charge on any atom is 0.281 e. The van der Waals surface area contributed by atoms with E-state index in [9.17, 15) is 9.59 Å². The molecule has 0 saturated carbocycles. The summed E-state index contributed by atoms with van der Waals surface area (Å²) in [7, 11) is 3.42. The third kappa shape index (κ3) is 5.71. The highest BCUT2D eigenvalue weighted by Crippen LogP contribution is 2.31. The smallest absolute Gasteiger partial charge is 0.281 e. The van der Waals surface area contributed by atoms with Crippen LogP contribution in [0.2, 0.25) is 5.15 Å². The molecule has 41 heavy (non-hydrogen) atoms. The van der Waals surface area contributed by atoms with E-state index < -0.39 is 0 Å². The van der Waals surface area contributed by atoms with Gasteiger partial charge in [-0.05, 0) is 50.5 Å². The van der Waals surface area contributed by atoms with E-state index in [1.54, 1.807) is 43.3 Å². The van der Waals surface area contributed by atoms with Crippen LogP contribution in [0.3, 0.4) is 0 Å². The van der Waals surface area contributed by atoms with Gasteiger partial charge in [0.2, 0.25) is 11.8 Å². The second kappa shape index (κ2) is 12.0. The van der Waals surface area contributed by atoms with Crippen molar-refractivity contribution in [3.8, 4) is 5.88 Å². The van der Waals surface area contributed by atoms with Gasteiger partial charge in [0.05, 0.1) is 42.0 Å². The SMILES string of the molecule is COc1ccnn1C1CCN(c2nc3c(C(C)Nc4ccc(Cl)nc4C(=O)NSC)cc(C)cc3c(=O)n2C)CC1. The largest absolute Gasteiger partial charge is 0.481 e. The number of hydrogen-bond donors (Lipinski definition) is 2. The topological polar surface area (TPSA) is 119 Å². The lowest BCUT2D eigenvalue weighted by Crippen LogP contribution is -2.39. The highest BCUT2D eigenvalue weighted by atomic mass is 35.5. The molecule has 0 bridgehead atoms. The normalized spacial score (nSPS) is 14.7. The zero-order valence-corrected chi connectivity index (χ0v) is 25.2. The molecular weight excluding hydrogens is 564 g/mol. The number of carbonyl (C=O) groups excluding carboxylic acids is 1. The summed E-state index contributed by atoms with van der Waals surface area (Å²) in [4.78, 5) is 37.8. The number of aryl methyl sites for hydroxylation is 1. The number of amides is 1. The molecule has 216 valence electrons. The number of ether oxygens (including phenoxy) is 1. The molecule has 0 spiro atoms. The Morgan fingerprint density at radius 3 is 2.66 bits per heavy atom. The van der Waals surface area contributed by atoms with Crippen LogP contribution in [0.25, 0.3) is 10.9 Å². The summed E-state index contributed by atoms with van der Waals surface area (Å²) >= 11 is 7.29. The minimum Gasteiger partial charge on any atom is -0.481 e. The lowest BCUT2D eigenvalue weighted by Gasteiger charge is -2.34. The molecule has 4 aromatic rings. The number of nitrogens with zero attached hydrogens (tertiary/aromatic N) is 6. The zero-order chi connectivity index (χ0) is 29.3. The molecule has 0 radical (unpaired) electrons. The van der Waals surface area contributed by atoms with Crippen molar-refractivity contribution in [2.75, 3.05) is 36.7 Å². The summed E-state index contributed by atoms with van der Waals surface area (Å²) in [5.74, 6) is 1.01. The van der Waals surface area contributed by atoms with Gasteiger partial charge in [0.25, 0.3) is 11.5 Å². The standard InChI is InChI=1S/C28H33ClN8O3S/c1-16-14-19(17(2)31-21-6-7-22(29)32-25(21)26(38)34-41-5)24-20(15-16)27(39)35(3)28(33-24)36-12-9-18(10-13-36)37-23(40-4)8-11-30-37/h6-8,11,14-15,17-18,31H,9-10,12-13H2,1-5H3,(H,34,38). The molecule has 4 heterocycles. The summed E-state index contributed by atoms with van der Waals surface area (Å²) in [5, 5.41) is 8.62. The van der Waals surface area contributed by atoms with Crippen LogP contribution in [0.1, 0.15) is 53.5 Å². The van der Waals surface area contributed by atoms with E-state index in [0.29, 0.717) is 22.5 Å². The molecule has 1 atom stereocenters. The van der Waals surface area contributed by atoms with Crippen molar-refractivity contribution in [1.29, 1.82) is 0 Å². The van der Waals surface area contributed by atoms with Crippen molar-refractivity contribution >= 4 is 52.0 Å². The Kier molecular flexibility index (Phi) is 8.41. The summed E-state index contributed by atoms with van der Waals surface area (Å²) in [6.45, 7) is 5.37. The number of fused-ring (bicyclic) bond motifs is 1. The number of benzene rings is 1. The van der Waals surface area contributed by atoms with Crippen LogP contribution in [0.5, 0.6) is 5.88 Å². The van der Waals surface area contributed by atoms with Gasteiger partial charge in [0, 0.05) is 38.0 Å². The molecule has 2 N–H and O–H groups in total. The molecule has 11 nitrogen and oxygen atoms in total. The van der Waals surface area contributed by atoms with Crippen molar-refractivity contribution in [2.24, 2.45) is 7.05 Å². The van der Waals surface area contributed by atoms with Crippen LogP contribution in [0.4, 0.5) is 11.6 Å². The second-order valence-electron chi connectivity index (χ2n) is 10.1. The molecule has 3 aromatic heterocycles. The van der Waals surface area contributed by atoms with Gasteiger partial charge >= 0.3 is 0 Å². The first-order chi connectivity index (χ1) is 19.7. The van der Waals surface area contributed by atoms with Crippen LogP contribution in [-0.2, 0) is 7.05 Å². The maximum atomic E-state index is 13.6. The fourth-order valence-corrected chi connectivity index (χ4v) is 5.81. The lowest BCUT2D eigenvalue weighted by atomic mass is 10.0. The zero-order valence-electron chi connectivity index (χ0n) is 23.6. The molecule has 1 aliphatic rings. The molecule has 1 saturated heterocycles. The quantitative estimate of drug-likeness (QED) is 0.223. The number of nitrogens with one attached hydrogen (secondary N) is 2. The third-order valence-corrected chi connectivity index (χ3v) is 7.98. The monoisotopic (exact) mass is 596 g/mol. The highest BCUT2D eigenvalue weighted by molar-refractivity contribution is 7.97. The summed E-state index contributed by atoms with van der Waals surface area (Å²) in [6, 6.07) is 9.04. The first-order valence-corrected chi connectivity index (χ1v) is 14.9. The van der Waals surface area contributed by atoms with Crippen molar-refractivity contribution in [3.05, 3.63) is 68.9 Å². The number of anilines is 2. The Bertz CT molecular complexity index is 1650. The van der Waals surface area contributed by atoms with Crippen molar-refractivity contribution in [3.63, 3.8) is 0 Å². The fourth-order valence-electron chi connectivity index (χ4n) is 5.38. The van der Waals surface area contributed by atoms with E-state index in [1.807, 2.05) is 36.7 Å². The molecule has 0 aliphatic carbocycles. The van der Waals surface area contributed by atoms with Crippen LogP contribution in [0.15, 0.2) is 41.3 Å². The van der Waals surface area contributed by atoms with Crippen LogP contribution in [-0.4, -0.2) is 56.7 Å². The van der Waals surface area contributed by atoms with E-state index in [-0.39, 0.29) is 34.4 Å². The van der Waals surface area contributed by atoms with Gasteiger partial charge in [-0.1, -0.05) is 29.6 Å². The van der Waals surface area contributed by atoms with E-state index in [2.05, 4.69) is 25.0 Å². The molecule has 1 aliphatic heterocycles. The predicted molar refractivity (Wildman–Crippen MR) is 163 cm³/mol. The summed E-state index contributed by atoms with van der Waals surface area (Å²) in [6.07, 6.45) is 5.19. The number of pyridine rings is 1. The van der Waals surface area contributed by atoms with Crippen molar-refractivity contribution < 1.29 is 9.53 Å². The molecule has 1 aromatic carbocycles. The van der Waals surface area contributed by atoms with Gasteiger partial charge in [-0.25, -0.2) is 14.6 Å². The van der Waals surface area contributed by atoms with Gasteiger partial charge in [0.15, 0.2) is 5.69 Å². The first kappa shape index (κ1) is 28.7. The molecule has 13 heteroatoms. The van der Waals surface area contributed by atoms with E-state index >= 15 is 0 Å². The summed E-state index contributed by atoms with van der Waals surface area (Å²) in [5.41, 5.74) is 3.03. The Morgan fingerprint density at radius 2 is 1.95 bits per heavy atom.